The average Bonchev–Trinajstić information content (AvgIpc) is 2.65. The molecule has 1 heterocycles. The summed E-state index contributed by atoms with van der Waals surface area (Å²) in [5.41, 5.74) is 2.96. The van der Waals surface area contributed by atoms with Crippen LogP contribution in [-0.4, -0.2) is 13.7 Å². The van der Waals surface area contributed by atoms with Gasteiger partial charge in [-0.15, -0.1) is 0 Å². The molecule has 16 heavy (non-hydrogen) atoms. The van der Waals surface area contributed by atoms with E-state index in [-0.39, 0.29) is 5.69 Å². The van der Waals surface area contributed by atoms with Crippen LogP contribution in [0.4, 0.5) is 5.69 Å². The van der Waals surface area contributed by atoms with Crippen LogP contribution in [0.1, 0.15) is 19.4 Å². The van der Waals surface area contributed by atoms with Crippen molar-refractivity contribution in [2.45, 2.75) is 13.8 Å². The van der Waals surface area contributed by atoms with E-state index in [1.165, 1.54) is 6.07 Å². The van der Waals surface area contributed by atoms with Gasteiger partial charge in [-0.1, -0.05) is 11.6 Å². The monoisotopic (exact) mass is 235 g/mol. The minimum absolute atomic E-state index is 0.00894. The molecule has 0 bridgehead atoms. The van der Waals surface area contributed by atoms with E-state index < -0.39 is 4.92 Å². The Bertz CT molecular complexity index is 585. The topological polar surface area (TPSA) is 68.9 Å². The first-order chi connectivity index (χ1) is 7.59. The maximum absolute atomic E-state index is 10.8. The lowest BCUT2D eigenvalue weighted by Gasteiger charge is -1.97. The van der Waals surface area contributed by atoms with Crippen molar-refractivity contribution < 1.29 is 4.92 Å². The van der Waals surface area contributed by atoms with Crippen LogP contribution in [0.15, 0.2) is 17.7 Å². The van der Waals surface area contributed by atoms with Crippen molar-refractivity contribution in [3.63, 3.8) is 0 Å². The van der Waals surface area contributed by atoms with Crippen molar-refractivity contribution >= 4 is 34.5 Å². The molecule has 0 aliphatic carbocycles. The molecule has 0 atom stereocenters. The zero-order valence-corrected chi connectivity index (χ0v) is 9.61. The maximum atomic E-state index is 10.8. The number of benzene rings is 1. The van der Waals surface area contributed by atoms with Crippen LogP contribution in [0.5, 0.6) is 0 Å². The Labute approximate surface area is 95.9 Å². The molecule has 0 aliphatic rings. The Morgan fingerprint density at radius 2 is 2.06 bits per heavy atom. The molecule has 1 aromatic carbocycles. The van der Waals surface area contributed by atoms with Gasteiger partial charge in [0.1, 0.15) is 5.52 Å². The zero-order valence-electron chi connectivity index (χ0n) is 8.80. The van der Waals surface area contributed by atoms with Crippen LogP contribution < -0.4 is 0 Å². The fourth-order valence-electron chi connectivity index (χ4n) is 1.45. The smallest absolute Gasteiger partial charge is 0.258 e. The van der Waals surface area contributed by atoms with Gasteiger partial charge in [0, 0.05) is 11.6 Å². The van der Waals surface area contributed by atoms with Crippen molar-refractivity contribution in [2.24, 2.45) is 0 Å². The molecule has 0 N–H and O–H groups in total. The Balaban J connectivity index is 2.73. The lowest BCUT2D eigenvalue weighted by atomic mass is 10.1. The van der Waals surface area contributed by atoms with Gasteiger partial charge in [0.2, 0.25) is 0 Å². The van der Waals surface area contributed by atoms with Gasteiger partial charge in [-0.2, -0.15) is 8.75 Å². The number of allylic oxidation sites excluding steroid dienone is 1. The summed E-state index contributed by atoms with van der Waals surface area (Å²) in [6.07, 6.45) is 1.94. The van der Waals surface area contributed by atoms with Gasteiger partial charge in [0.05, 0.1) is 16.7 Å². The first-order valence-electron chi connectivity index (χ1n) is 4.64. The van der Waals surface area contributed by atoms with Gasteiger partial charge >= 0.3 is 0 Å². The van der Waals surface area contributed by atoms with Gasteiger partial charge < -0.3 is 0 Å². The minimum atomic E-state index is -0.434. The van der Waals surface area contributed by atoms with Crippen molar-refractivity contribution in [1.82, 2.24) is 8.75 Å². The highest BCUT2D eigenvalue weighted by Crippen LogP contribution is 2.27. The summed E-state index contributed by atoms with van der Waals surface area (Å²) >= 11 is 0.992. The Hall–Kier alpha value is -1.82. The molecular formula is C10H9N3O2S. The number of non-ortho nitro benzene ring substituents is 1. The van der Waals surface area contributed by atoms with E-state index in [1.807, 2.05) is 19.9 Å². The third-order valence-electron chi connectivity index (χ3n) is 2.07. The number of nitro benzene ring substituents is 1. The maximum Gasteiger partial charge on any atom is 0.298 e. The molecular weight excluding hydrogens is 226 g/mol. The quantitative estimate of drug-likeness (QED) is 0.592. The molecule has 0 unspecified atom stereocenters. The van der Waals surface area contributed by atoms with Crippen molar-refractivity contribution in [3.05, 3.63) is 33.4 Å². The number of hydrogen-bond acceptors (Lipinski definition) is 5. The van der Waals surface area contributed by atoms with Gasteiger partial charge in [-0.3, -0.25) is 10.1 Å². The number of nitrogens with zero attached hydrogens (tertiary/aromatic N) is 3. The van der Waals surface area contributed by atoms with Gasteiger partial charge in [0.15, 0.2) is 5.52 Å². The molecule has 0 saturated heterocycles. The third kappa shape index (κ3) is 1.79. The Kier molecular flexibility index (Phi) is 2.66. The molecule has 0 saturated carbocycles. The molecule has 2 aromatic rings. The third-order valence-corrected chi connectivity index (χ3v) is 2.59. The summed E-state index contributed by atoms with van der Waals surface area (Å²) < 4.78 is 8.06. The van der Waals surface area contributed by atoms with Crippen LogP contribution in [0.2, 0.25) is 0 Å². The van der Waals surface area contributed by atoms with Crippen molar-refractivity contribution in [3.8, 4) is 0 Å². The predicted octanol–water partition coefficient (Wildman–Crippen LogP) is 3.02. The van der Waals surface area contributed by atoms with E-state index in [0.717, 1.165) is 22.9 Å². The first kappa shape index (κ1) is 10.7. The fourth-order valence-corrected chi connectivity index (χ4v) is 2.02. The highest BCUT2D eigenvalue weighted by molar-refractivity contribution is 7.00. The van der Waals surface area contributed by atoms with E-state index in [2.05, 4.69) is 8.75 Å². The fraction of sp³-hybridized carbons (Fsp3) is 0.200. The molecule has 0 spiro atoms. The average molecular weight is 235 g/mol. The second-order valence-corrected chi connectivity index (χ2v) is 4.14. The molecule has 2 rings (SSSR count). The van der Waals surface area contributed by atoms with Gasteiger partial charge in [-0.25, -0.2) is 0 Å². The summed E-state index contributed by atoms with van der Waals surface area (Å²) in [6, 6.07) is 3.17. The minimum Gasteiger partial charge on any atom is -0.258 e. The van der Waals surface area contributed by atoms with Crippen LogP contribution in [0, 0.1) is 10.1 Å². The lowest BCUT2D eigenvalue weighted by molar-refractivity contribution is -0.383. The predicted molar refractivity (Wildman–Crippen MR) is 63.4 cm³/mol. The first-order valence-corrected chi connectivity index (χ1v) is 5.37. The Morgan fingerprint density at radius 3 is 2.69 bits per heavy atom. The molecule has 1 aromatic heterocycles. The van der Waals surface area contributed by atoms with E-state index >= 15 is 0 Å². The van der Waals surface area contributed by atoms with Crippen LogP contribution in [0.3, 0.4) is 0 Å². The summed E-state index contributed by atoms with van der Waals surface area (Å²) in [5.74, 6) is 0. The van der Waals surface area contributed by atoms with E-state index in [1.54, 1.807) is 6.07 Å². The molecule has 0 amide bonds. The van der Waals surface area contributed by atoms with Crippen LogP contribution >= 0.6 is 11.7 Å². The van der Waals surface area contributed by atoms with Gasteiger partial charge in [0.25, 0.3) is 5.69 Å². The van der Waals surface area contributed by atoms with E-state index in [4.69, 9.17) is 0 Å². The number of aromatic nitrogens is 2. The van der Waals surface area contributed by atoms with Gasteiger partial charge in [-0.05, 0) is 19.9 Å². The molecule has 0 fully saturated rings. The SMILES string of the molecule is CC(C)=Cc1ccc([N+](=O)[O-])c2nsnc12. The number of nitro groups is 1. The number of rotatable bonds is 2. The number of fused-ring (bicyclic) bond motifs is 1. The summed E-state index contributed by atoms with van der Waals surface area (Å²) in [7, 11) is 0. The normalized spacial score (nSPS) is 10.4. The summed E-state index contributed by atoms with van der Waals surface area (Å²) in [4.78, 5) is 10.3. The largest absolute Gasteiger partial charge is 0.298 e. The zero-order chi connectivity index (χ0) is 11.7. The van der Waals surface area contributed by atoms with Crippen LogP contribution in [0.25, 0.3) is 17.1 Å². The second kappa shape index (κ2) is 3.97. The van der Waals surface area contributed by atoms with Crippen LogP contribution in [-0.2, 0) is 0 Å². The summed E-state index contributed by atoms with van der Waals surface area (Å²) in [6.45, 7) is 3.93. The molecule has 5 nitrogen and oxygen atoms in total. The highest BCUT2D eigenvalue weighted by Gasteiger charge is 2.16. The standard InChI is InChI=1S/C10H9N3O2S/c1-6(2)5-7-3-4-8(13(14)15)10-9(7)11-16-12-10/h3-5H,1-2H3. The molecule has 82 valence electrons. The van der Waals surface area contributed by atoms with Crippen molar-refractivity contribution in [2.75, 3.05) is 0 Å². The molecule has 0 aliphatic heterocycles. The second-order valence-electron chi connectivity index (χ2n) is 3.61. The van der Waals surface area contributed by atoms with Crippen molar-refractivity contribution in [1.29, 1.82) is 0 Å². The Morgan fingerprint density at radius 1 is 1.38 bits per heavy atom. The lowest BCUT2D eigenvalue weighted by Crippen LogP contribution is -1.90. The number of hydrogen-bond donors (Lipinski definition) is 0. The molecule has 6 heteroatoms. The molecule has 0 radical (unpaired) electrons. The summed E-state index contributed by atoms with van der Waals surface area (Å²) in [5, 5.41) is 10.8. The van der Waals surface area contributed by atoms with E-state index in [0.29, 0.717) is 11.0 Å². The van der Waals surface area contributed by atoms with E-state index in [9.17, 15) is 10.1 Å². The highest BCUT2D eigenvalue weighted by atomic mass is 32.1.